The lowest BCUT2D eigenvalue weighted by Crippen LogP contribution is -2.45. The number of hydrogen-bond donors (Lipinski definition) is 1. The minimum atomic E-state index is -3.47. The number of rotatable bonds is 9. The lowest BCUT2D eigenvalue weighted by Gasteiger charge is -2.29. The second-order valence-corrected chi connectivity index (χ2v) is 8.74. The zero-order valence-electron chi connectivity index (χ0n) is 16.5. The maximum atomic E-state index is 12.6. The van der Waals surface area contributed by atoms with Gasteiger partial charge in [0.2, 0.25) is 15.9 Å². The highest BCUT2D eigenvalue weighted by atomic mass is 32.2. The fourth-order valence-electron chi connectivity index (χ4n) is 3.18. The number of morpholine rings is 1. The van der Waals surface area contributed by atoms with Crippen LogP contribution < -0.4 is 5.32 Å². The summed E-state index contributed by atoms with van der Waals surface area (Å²) in [5.74, 6) is -0.307. The van der Waals surface area contributed by atoms with E-state index in [2.05, 4.69) is 10.2 Å². The molecule has 0 saturated carbocycles. The van der Waals surface area contributed by atoms with Gasteiger partial charge < -0.3 is 10.1 Å². The van der Waals surface area contributed by atoms with Gasteiger partial charge in [-0.2, -0.15) is 4.31 Å². The Kier molecular flexibility index (Phi) is 8.22. The number of para-hydroxylation sites is 1. The van der Waals surface area contributed by atoms with Gasteiger partial charge in [-0.1, -0.05) is 32.0 Å². The first kappa shape index (κ1) is 21.8. The Labute approximate surface area is 162 Å². The van der Waals surface area contributed by atoms with E-state index in [9.17, 15) is 13.2 Å². The van der Waals surface area contributed by atoms with Crippen LogP contribution in [0.25, 0.3) is 0 Å². The second kappa shape index (κ2) is 10.2. The Balaban J connectivity index is 2.03. The molecule has 1 heterocycles. The molecule has 0 spiro atoms. The standard InChI is InChI=1S/C19H31N3O4S/c1-4-16-7-6-8-17(5-2)19(16)20-18(23)15-22(27(3,24)25)10-9-21-11-13-26-14-12-21/h6-8H,4-5,9-15H2,1-3H3,(H,20,23). The summed E-state index contributed by atoms with van der Waals surface area (Å²) in [6.45, 7) is 7.67. The molecular weight excluding hydrogens is 366 g/mol. The Morgan fingerprint density at radius 3 is 2.30 bits per heavy atom. The highest BCUT2D eigenvalue weighted by molar-refractivity contribution is 7.88. The third-order valence-electron chi connectivity index (χ3n) is 4.82. The molecule has 0 unspecified atom stereocenters. The van der Waals surface area contributed by atoms with Crippen LogP contribution in [0.4, 0.5) is 5.69 Å². The van der Waals surface area contributed by atoms with Crippen LogP contribution in [-0.4, -0.2) is 75.7 Å². The summed E-state index contributed by atoms with van der Waals surface area (Å²) in [6, 6.07) is 5.96. The highest BCUT2D eigenvalue weighted by Crippen LogP contribution is 2.22. The Morgan fingerprint density at radius 2 is 1.78 bits per heavy atom. The number of nitrogens with one attached hydrogen (secondary N) is 1. The summed E-state index contributed by atoms with van der Waals surface area (Å²) in [6.07, 6.45) is 2.75. The summed E-state index contributed by atoms with van der Waals surface area (Å²) >= 11 is 0. The van der Waals surface area contributed by atoms with E-state index in [1.54, 1.807) is 0 Å². The summed E-state index contributed by atoms with van der Waals surface area (Å²) < 4.78 is 30.8. The van der Waals surface area contributed by atoms with E-state index in [1.165, 1.54) is 4.31 Å². The van der Waals surface area contributed by atoms with Gasteiger partial charge in [0.1, 0.15) is 0 Å². The molecule has 7 nitrogen and oxygen atoms in total. The predicted octanol–water partition coefficient (Wildman–Crippen LogP) is 1.34. The molecule has 0 aromatic heterocycles. The van der Waals surface area contributed by atoms with Crippen LogP contribution in [0.5, 0.6) is 0 Å². The molecule has 152 valence electrons. The molecule has 1 aliphatic heterocycles. The normalized spacial score (nSPS) is 15.9. The number of aryl methyl sites for hydroxylation is 2. The van der Waals surface area contributed by atoms with Crippen LogP contribution in [0.3, 0.4) is 0 Å². The lowest BCUT2D eigenvalue weighted by molar-refractivity contribution is -0.116. The zero-order chi connectivity index (χ0) is 19.9. The molecule has 1 aliphatic rings. The van der Waals surface area contributed by atoms with Gasteiger partial charge in [0, 0.05) is 31.9 Å². The van der Waals surface area contributed by atoms with Crippen molar-refractivity contribution in [3.05, 3.63) is 29.3 Å². The topological polar surface area (TPSA) is 79.0 Å². The van der Waals surface area contributed by atoms with Crippen LogP contribution >= 0.6 is 0 Å². The third-order valence-corrected chi connectivity index (χ3v) is 6.07. The first-order chi connectivity index (χ1) is 12.8. The number of carbonyl (C=O) groups is 1. The number of anilines is 1. The Morgan fingerprint density at radius 1 is 1.19 bits per heavy atom. The summed E-state index contributed by atoms with van der Waals surface area (Å²) in [5, 5.41) is 2.94. The first-order valence-corrected chi connectivity index (χ1v) is 11.4. The second-order valence-electron chi connectivity index (χ2n) is 6.76. The average molecular weight is 398 g/mol. The molecule has 0 radical (unpaired) electrons. The van der Waals surface area contributed by atoms with E-state index >= 15 is 0 Å². The molecule has 1 N–H and O–H groups in total. The van der Waals surface area contributed by atoms with E-state index in [1.807, 2.05) is 32.0 Å². The predicted molar refractivity (Wildman–Crippen MR) is 108 cm³/mol. The van der Waals surface area contributed by atoms with E-state index in [-0.39, 0.29) is 12.5 Å². The summed E-state index contributed by atoms with van der Waals surface area (Å²) in [7, 11) is -3.47. The SMILES string of the molecule is CCc1cccc(CC)c1NC(=O)CN(CCN1CCOCC1)S(C)(=O)=O. The van der Waals surface area contributed by atoms with Crippen molar-refractivity contribution in [2.45, 2.75) is 26.7 Å². The third kappa shape index (κ3) is 6.57. The molecular formula is C19H31N3O4S. The molecule has 0 aliphatic carbocycles. The van der Waals surface area contributed by atoms with Crippen molar-refractivity contribution in [2.24, 2.45) is 0 Å². The molecule has 2 rings (SSSR count). The lowest BCUT2D eigenvalue weighted by atomic mass is 10.0. The number of carbonyl (C=O) groups excluding carboxylic acids is 1. The molecule has 8 heteroatoms. The Bertz CT molecular complexity index is 708. The van der Waals surface area contributed by atoms with Crippen molar-refractivity contribution < 1.29 is 17.9 Å². The highest BCUT2D eigenvalue weighted by Gasteiger charge is 2.22. The molecule has 0 bridgehead atoms. The fraction of sp³-hybridized carbons (Fsp3) is 0.632. The van der Waals surface area contributed by atoms with E-state index in [0.29, 0.717) is 26.3 Å². The molecule has 0 atom stereocenters. The van der Waals surface area contributed by atoms with Crippen LogP contribution in [-0.2, 0) is 32.4 Å². The zero-order valence-corrected chi connectivity index (χ0v) is 17.3. The molecule has 1 aromatic rings. The van der Waals surface area contributed by atoms with Crippen molar-refractivity contribution in [3.8, 4) is 0 Å². The summed E-state index contributed by atoms with van der Waals surface area (Å²) in [5.41, 5.74) is 2.93. The number of hydrogen-bond acceptors (Lipinski definition) is 5. The van der Waals surface area contributed by atoms with Crippen LogP contribution in [0, 0.1) is 0 Å². The molecule has 27 heavy (non-hydrogen) atoms. The van der Waals surface area contributed by atoms with Gasteiger partial charge >= 0.3 is 0 Å². The van der Waals surface area contributed by atoms with Gasteiger partial charge in [-0.25, -0.2) is 8.42 Å². The van der Waals surface area contributed by atoms with Gasteiger partial charge in [-0.05, 0) is 24.0 Å². The Hall–Kier alpha value is -1.48. The van der Waals surface area contributed by atoms with E-state index in [0.717, 1.165) is 49.0 Å². The first-order valence-electron chi connectivity index (χ1n) is 9.51. The van der Waals surface area contributed by atoms with Gasteiger partial charge in [0.05, 0.1) is 26.0 Å². The van der Waals surface area contributed by atoms with Crippen LogP contribution in [0.15, 0.2) is 18.2 Å². The average Bonchev–Trinajstić information content (AvgIpc) is 2.65. The van der Waals surface area contributed by atoms with Crippen LogP contribution in [0.1, 0.15) is 25.0 Å². The van der Waals surface area contributed by atoms with E-state index < -0.39 is 10.0 Å². The van der Waals surface area contributed by atoms with Gasteiger partial charge in [-0.3, -0.25) is 9.69 Å². The number of sulfonamides is 1. The van der Waals surface area contributed by atoms with E-state index in [4.69, 9.17) is 4.74 Å². The molecule has 1 fully saturated rings. The quantitative estimate of drug-likeness (QED) is 0.680. The minimum absolute atomic E-state index is 0.176. The minimum Gasteiger partial charge on any atom is -0.379 e. The molecule has 1 aromatic carbocycles. The van der Waals surface area contributed by atoms with Crippen molar-refractivity contribution in [3.63, 3.8) is 0 Å². The number of nitrogens with zero attached hydrogens (tertiary/aromatic N) is 2. The smallest absolute Gasteiger partial charge is 0.239 e. The monoisotopic (exact) mass is 397 g/mol. The number of amides is 1. The van der Waals surface area contributed by atoms with Crippen molar-refractivity contribution in [2.75, 3.05) is 57.5 Å². The van der Waals surface area contributed by atoms with Gasteiger partial charge in [0.15, 0.2) is 0 Å². The van der Waals surface area contributed by atoms with Gasteiger partial charge in [-0.15, -0.1) is 0 Å². The number of ether oxygens (including phenoxy) is 1. The maximum absolute atomic E-state index is 12.6. The largest absolute Gasteiger partial charge is 0.379 e. The maximum Gasteiger partial charge on any atom is 0.239 e. The van der Waals surface area contributed by atoms with Gasteiger partial charge in [0.25, 0.3) is 0 Å². The summed E-state index contributed by atoms with van der Waals surface area (Å²) in [4.78, 5) is 14.8. The van der Waals surface area contributed by atoms with Crippen molar-refractivity contribution in [1.29, 1.82) is 0 Å². The number of benzene rings is 1. The van der Waals surface area contributed by atoms with Crippen molar-refractivity contribution in [1.82, 2.24) is 9.21 Å². The van der Waals surface area contributed by atoms with Crippen molar-refractivity contribution >= 4 is 21.6 Å². The van der Waals surface area contributed by atoms with Crippen LogP contribution in [0.2, 0.25) is 0 Å². The fourth-order valence-corrected chi connectivity index (χ4v) is 3.95. The molecule has 1 amide bonds. The molecule has 1 saturated heterocycles.